The average molecular weight is 768 g/mol. The Morgan fingerprint density at radius 2 is 0.696 bits per heavy atom. The maximum atomic E-state index is 9.24. The number of aromatic nitrogens is 4. The summed E-state index contributed by atoms with van der Waals surface area (Å²) in [5.74, 6) is 2.83. The maximum absolute atomic E-state index is 9.24. The van der Waals surface area contributed by atoms with Crippen molar-refractivity contribution >= 4 is 11.7 Å². The first kappa shape index (κ1) is 47.6. The molecule has 292 valence electrons. The zero-order valence-electron chi connectivity index (χ0n) is 27.7. The highest BCUT2D eigenvalue weighted by Crippen LogP contribution is 2.20. The summed E-state index contributed by atoms with van der Waals surface area (Å²) in [5, 5.41) is 78.4. The molecule has 1 aromatic heterocycles. The zero-order valence-corrected chi connectivity index (χ0v) is 27.7. The second-order valence-electron chi connectivity index (χ2n) is 10.0. The van der Waals surface area contributed by atoms with Crippen LogP contribution in [0.4, 0.5) is 0 Å². The van der Waals surface area contributed by atoms with Crippen molar-refractivity contribution in [3.8, 4) is 57.6 Å². The fraction of sp³-hybridized carbons (Fsp3) is 0.0541. The van der Waals surface area contributed by atoms with E-state index in [1.807, 2.05) is 6.07 Å². The van der Waals surface area contributed by atoms with Crippen molar-refractivity contribution in [2.75, 3.05) is 0 Å². The van der Waals surface area contributed by atoms with Crippen molar-refractivity contribution in [1.82, 2.24) is 31.2 Å². The molecule has 0 unspecified atom stereocenters. The molecule has 5 aromatic carbocycles. The van der Waals surface area contributed by atoms with E-state index in [2.05, 4.69) is 41.4 Å². The Morgan fingerprint density at radius 1 is 0.464 bits per heavy atom. The quantitative estimate of drug-likeness (QED) is 0.0937. The van der Waals surface area contributed by atoms with Gasteiger partial charge in [-0.1, -0.05) is 14.9 Å². The predicted molar refractivity (Wildman–Crippen MR) is 212 cm³/mol. The normalized spacial score (nSPS) is 10.1. The fourth-order valence-electron chi connectivity index (χ4n) is 3.98. The number of amidine groups is 2. The SMILES string of the molecule is C.C.N#Cc1ccc(O)cc1.N=N.O.O=O.Oc1ccc(-c2nnc(-c3ccc(O)cc3)nn2)cc1.Oc1ccc(C2=NNC(c3ccc(O)cc3)=NN2)cc1.[HH]. The van der Waals surface area contributed by atoms with Gasteiger partial charge in [0.15, 0.2) is 11.7 Å². The minimum absolute atomic E-state index is 0. The highest BCUT2D eigenvalue weighted by molar-refractivity contribution is 6.06. The van der Waals surface area contributed by atoms with Crippen LogP contribution in [0.5, 0.6) is 28.7 Å². The lowest BCUT2D eigenvalue weighted by Gasteiger charge is -2.15. The number of benzene rings is 5. The first-order chi connectivity index (χ1) is 25.8. The number of hydrazone groups is 2. The Bertz CT molecular complexity index is 2010. The van der Waals surface area contributed by atoms with Gasteiger partial charge in [0.05, 0.1) is 11.6 Å². The van der Waals surface area contributed by atoms with Crippen molar-refractivity contribution in [3.63, 3.8) is 0 Å². The van der Waals surface area contributed by atoms with Crippen molar-refractivity contribution in [2.24, 2.45) is 10.2 Å². The highest BCUT2D eigenvalue weighted by atomic mass is 16.7. The lowest BCUT2D eigenvalue weighted by Crippen LogP contribution is -2.34. The van der Waals surface area contributed by atoms with E-state index < -0.39 is 0 Å². The molecule has 0 bridgehead atoms. The molecule has 0 aliphatic carbocycles. The molecule has 0 saturated heterocycles. The minimum Gasteiger partial charge on any atom is -0.508 e. The molecule has 0 fully saturated rings. The van der Waals surface area contributed by atoms with Gasteiger partial charge in [0.1, 0.15) is 28.7 Å². The monoisotopic (exact) mass is 767 g/mol. The van der Waals surface area contributed by atoms with E-state index in [-0.39, 0.29) is 50.5 Å². The van der Waals surface area contributed by atoms with E-state index in [0.717, 1.165) is 22.3 Å². The van der Waals surface area contributed by atoms with Crippen LogP contribution in [0.1, 0.15) is 33.0 Å². The van der Waals surface area contributed by atoms with Crippen LogP contribution in [0.2, 0.25) is 0 Å². The molecule has 19 nitrogen and oxygen atoms in total. The van der Waals surface area contributed by atoms with Gasteiger partial charge in [-0.15, -0.1) is 20.4 Å². The third-order valence-electron chi connectivity index (χ3n) is 6.55. The molecule has 11 N–H and O–H groups in total. The number of nitrogens with zero attached hydrogens (tertiary/aromatic N) is 7. The van der Waals surface area contributed by atoms with Crippen LogP contribution in [0.15, 0.2) is 132 Å². The standard InChI is InChI=1S/C14H12N4O2.C14H10N4O2.C7H5NO.2CH4.H2N2.O2.H2O.H2/c2*19-11-5-1-9(2-6-11)13-15-17-14(18-16-13)10-3-7-12(20)8-4-10;8-5-6-1-3-7(9)4-2-6;;;2*1-2;;/h1-8,19-20H,(H,15,16)(H,17,18);1-8,19-20H;1-4,9H;2*1H4;1-2H;;1H2;1H. The van der Waals surface area contributed by atoms with E-state index in [1.165, 1.54) is 12.1 Å². The second kappa shape index (κ2) is 24.8. The van der Waals surface area contributed by atoms with E-state index in [9.17, 15) is 20.4 Å². The molecular weight excluding hydrogens is 726 g/mol. The summed E-state index contributed by atoms with van der Waals surface area (Å²) < 4.78 is 0. The molecule has 0 atom stereocenters. The zero-order chi connectivity index (χ0) is 38.6. The molecule has 7 rings (SSSR count). The number of aromatic hydroxyl groups is 5. The second-order valence-corrected chi connectivity index (χ2v) is 10.0. The summed E-state index contributed by atoms with van der Waals surface area (Å²) >= 11 is 0. The largest absolute Gasteiger partial charge is 0.508 e. The summed E-state index contributed by atoms with van der Waals surface area (Å²) in [6, 6.07) is 34.3. The topological polar surface area (TPSA) is 339 Å². The van der Waals surface area contributed by atoms with Gasteiger partial charge in [0.2, 0.25) is 11.6 Å². The number of phenols is 5. The Hall–Kier alpha value is -8.37. The molecule has 19 heteroatoms. The van der Waals surface area contributed by atoms with Crippen molar-refractivity contribution in [2.45, 2.75) is 14.9 Å². The molecule has 0 saturated carbocycles. The van der Waals surface area contributed by atoms with Gasteiger partial charge in [0.25, 0.3) is 0 Å². The van der Waals surface area contributed by atoms with Crippen LogP contribution in [0, 0.1) is 32.3 Å². The van der Waals surface area contributed by atoms with E-state index >= 15 is 0 Å². The molecule has 0 amide bonds. The Kier molecular flexibility index (Phi) is 21.1. The summed E-state index contributed by atoms with van der Waals surface area (Å²) in [5.41, 5.74) is 19.3. The third-order valence-corrected chi connectivity index (χ3v) is 6.55. The van der Waals surface area contributed by atoms with Crippen LogP contribution in [-0.2, 0) is 0 Å². The summed E-state index contributed by atoms with van der Waals surface area (Å²) in [6.45, 7) is 0. The fourth-order valence-corrected chi connectivity index (χ4v) is 3.98. The van der Waals surface area contributed by atoms with Gasteiger partial charge in [-0.25, -0.2) is 11.1 Å². The van der Waals surface area contributed by atoms with Gasteiger partial charge in [-0.05, 0) is 121 Å². The molecule has 56 heavy (non-hydrogen) atoms. The summed E-state index contributed by atoms with van der Waals surface area (Å²) in [7, 11) is 0. The number of hydrogen-bond donors (Lipinski definition) is 9. The molecule has 6 aromatic rings. The molecule has 0 spiro atoms. The Labute approximate surface area is 322 Å². The predicted octanol–water partition coefficient (Wildman–Crippen LogP) is 5.95. The van der Waals surface area contributed by atoms with Gasteiger partial charge in [0, 0.05) is 33.6 Å². The molecular formula is C37H41N11O8. The maximum Gasteiger partial charge on any atom is 0.203 e. The molecule has 2 heterocycles. The number of rotatable bonds is 4. The van der Waals surface area contributed by atoms with Crippen LogP contribution in [0.25, 0.3) is 22.8 Å². The number of nitriles is 1. The van der Waals surface area contributed by atoms with Gasteiger partial charge in [-0.2, -0.15) is 15.5 Å². The average Bonchev–Trinajstić information content (AvgIpc) is 3.22. The van der Waals surface area contributed by atoms with E-state index in [0.29, 0.717) is 28.9 Å². The Balaban J connectivity index is 0. The van der Waals surface area contributed by atoms with E-state index in [1.54, 1.807) is 109 Å². The Morgan fingerprint density at radius 3 is 0.929 bits per heavy atom. The summed E-state index contributed by atoms with van der Waals surface area (Å²) in [6.07, 6.45) is 0. The van der Waals surface area contributed by atoms with Crippen LogP contribution >= 0.6 is 0 Å². The first-order valence-electron chi connectivity index (χ1n) is 14.8. The number of phenolic OH excluding ortho intramolecular Hbond substituents is 5. The van der Waals surface area contributed by atoms with Crippen molar-refractivity contribution in [3.05, 3.63) is 148 Å². The number of nitrogens with one attached hydrogen (secondary N) is 4. The van der Waals surface area contributed by atoms with Crippen molar-refractivity contribution < 1.29 is 32.4 Å². The van der Waals surface area contributed by atoms with Crippen LogP contribution in [0.3, 0.4) is 0 Å². The molecule has 1 aliphatic heterocycles. The highest BCUT2D eigenvalue weighted by Gasteiger charge is 2.11. The van der Waals surface area contributed by atoms with E-state index in [4.69, 9.17) is 31.4 Å². The van der Waals surface area contributed by atoms with Crippen LogP contribution in [-0.4, -0.2) is 63.1 Å². The smallest absolute Gasteiger partial charge is 0.203 e. The van der Waals surface area contributed by atoms with Gasteiger partial charge in [-0.3, -0.25) is 10.9 Å². The number of hydrogen-bond acceptors (Lipinski definition) is 18. The van der Waals surface area contributed by atoms with Crippen LogP contribution < -0.4 is 10.9 Å². The lowest BCUT2D eigenvalue weighted by atomic mass is 10.2. The third kappa shape index (κ3) is 14.3. The summed E-state index contributed by atoms with van der Waals surface area (Å²) in [4.78, 5) is 14.0. The van der Waals surface area contributed by atoms with Gasteiger partial charge >= 0.3 is 0 Å². The minimum atomic E-state index is 0. The molecule has 1 aliphatic rings. The van der Waals surface area contributed by atoms with Gasteiger partial charge < -0.3 is 31.0 Å². The first-order valence-corrected chi connectivity index (χ1v) is 14.8. The van der Waals surface area contributed by atoms with Crippen molar-refractivity contribution in [1.29, 1.82) is 16.3 Å². The lowest BCUT2D eigenvalue weighted by molar-refractivity contribution is 0.474. The molecule has 0 radical (unpaired) electrons.